The van der Waals surface area contributed by atoms with Gasteiger partial charge < -0.3 is 0 Å². The van der Waals surface area contributed by atoms with Crippen molar-refractivity contribution in [2.45, 2.75) is 0 Å². The molecule has 0 bridgehead atoms. The zero-order valence-corrected chi connectivity index (χ0v) is 13.1. The van der Waals surface area contributed by atoms with Gasteiger partial charge in [-0.2, -0.15) is 0 Å². The van der Waals surface area contributed by atoms with Gasteiger partial charge in [0.15, 0.2) is 0 Å². The summed E-state index contributed by atoms with van der Waals surface area (Å²) in [6, 6.07) is 13.7. The van der Waals surface area contributed by atoms with E-state index in [9.17, 15) is 6.94 Å². The maximum absolute atomic E-state index is 10.4. The zero-order chi connectivity index (χ0) is 13.9. The van der Waals surface area contributed by atoms with Gasteiger partial charge >= 0.3 is 117 Å². The van der Waals surface area contributed by atoms with Crippen LogP contribution in [0.25, 0.3) is 0 Å². The molecular formula is C14H16O4Te. The van der Waals surface area contributed by atoms with Gasteiger partial charge in [-0.15, -0.1) is 0 Å². The van der Waals surface area contributed by atoms with E-state index in [1.165, 1.54) is 0 Å². The van der Waals surface area contributed by atoms with E-state index in [1.54, 1.807) is 62.8 Å². The topological polar surface area (TPSA) is 58.9 Å². The molecule has 0 fully saturated rings. The summed E-state index contributed by atoms with van der Waals surface area (Å²) in [6.45, 7) is 0. The van der Waals surface area contributed by atoms with Crippen LogP contribution >= 0.6 is 0 Å². The van der Waals surface area contributed by atoms with E-state index in [4.69, 9.17) is 9.47 Å². The summed E-state index contributed by atoms with van der Waals surface area (Å²) >= 11 is -4.22. The fraction of sp³-hybridized carbons (Fsp3) is 0.143. The molecule has 0 unspecified atom stereocenters. The summed E-state index contributed by atoms with van der Waals surface area (Å²) < 4.78 is 32.1. The SMILES string of the molecule is COc1ccc([Te](O)(O)c2ccc(OC)cc2)cc1. The van der Waals surface area contributed by atoms with E-state index < -0.39 is 19.0 Å². The molecule has 0 spiro atoms. The average Bonchev–Trinajstić information content (AvgIpc) is 2.47. The minimum absolute atomic E-state index is 0.564. The Hall–Kier alpha value is -1.25. The first-order chi connectivity index (χ1) is 9.07. The molecule has 2 N–H and O–H groups in total. The minimum atomic E-state index is -4.22. The predicted octanol–water partition coefficient (Wildman–Crippen LogP) is 0.245. The molecule has 0 atom stereocenters. The Labute approximate surface area is 117 Å². The molecule has 2 rings (SSSR count). The van der Waals surface area contributed by atoms with Gasteiger partial charge in [-0.3, -0.25) is 0 Å². The van der Waals surface area contributed by atoms with Gasteiger partial charge in [0.1, 0.15) is 0 Å². The Morgan fingerprint density at radius 2 is 1.00 bits per heavy atom. The summed E-state index contributed by atoms with van der Waals surface area (Å²) in [5.74, 6) is 1.38. The normalized spacial score (nSPS) is 12.0. The molecule has 4 nitrogen and oxygen atoms in total. The van der Waals surface area contributed by atoms with E-state index in [0.717, 1.165) is 0 Å². The van der Waals surface area contributed by atoms with Gasteiger partial charge in [0.05, 0.1) is 0 Å². The molecule has 102 valence electrons. The Kier molecular flexibility index (Phi) is 4.33. The number of rotatable bonds is 4. The first kappa shape index (κ1) is 14.2. The molecule has 0 aliphatic carbocycles. The number of benzene rings is 2. The summed E-state index contributed by atoms with van der Waals surface area (Å²) in [5, 5.41) is 0. The van der Waals surface area contributed by atoms with Crippen molar-refractivity contribution < 1.29 is 16.4 Å². The number of hydrogen-bond acceptors (Lipinski definition) is 4. The Morgan fingerprint density at radius 3 is 1.26 bits per heavy atom. The quantitative estimate of drug-likeness (QED) is 0.752. The zero-order valence-electron chi connectivity index (χ0n) is 10.7. The molecule has 0 saturated carbocycles. The molecule has 0 aliphatic rings. The van der Waals surface area contributed by atoms with Crippen molar-refractivity contribution in [3.8, 4) is 11.5 Å². The predicted molar refractivity (Wildman–Crippen MR) is 75.4 cm³/mol. The molecule has 0 heterocycles. The molecule has 0 saturated heterocycles. The van der Waals surface area contributed by atoms with Gasteiger partial charge in [-0.25, -0.2) is 0 Å². The van der Waals surface area contributed by atoms with Crippen molar-refractivity contribution in [1.82, 2.24) is 0 Å². The second-order valence-electron chi connectivity index (χ2n) is 3.90. The fourth-order valence-electron chi connectivity index (χ4n) is 1.67. The van der Waals surface area contributed by atoms with Crippen LogP contribution in [-0.2, 0) is 0 Å². The van der Waals surface area contributed by atoms with Crippen LogP contribution in [0.1, 0.15) is 0 Å². The Morgan fingerprint density at radius 1 is 0.684 bits per heavy atom. The first-order valence-electron chi connectivity index (χ1n) is 5.64. The van der Waals surface area contributed by atoms with Crippen molar-refractivity contribution >= 4 is 26.2 Å². The van der Waals surface area contributed by atoms with E-state index in [0.29, 0.717) is 18.7 Å². The van der Waals surface area contributed by atoms with E-state index in [-0.39, 0.29) is 0 Å². The van der Waals surface area contributed by atoms with Crippen molar-refractivity contribution in [2.24, 2.45) is 0 Å². The summed E-state index contributed by atoms with van der Waals surface area (Å²) in [7, 11) is 3.15. The third kappa shape index (κ3) is 3.02. The van der Waals surface area contributed by atoms with Crippen LogP contribution in [0.4, 0.5) is 0 Å². The van der Waals surface area contributed by atoms with Gasteiger partial charge in [-0.1, -0.05) is 0 Å². The number of ether oxygens (including phenoxy) is 2. The van der Waals surface area contributed by atoms with Gasteiger partial charge in [0.25, 0.3) is 0 Å². The average molecular weight is 376 g/mol. The van der Waals surface area contributed by atoms with Crippen LogP contribution in [0.15, 0.2) is 48.5 Å². The van der Waals surface area contributed by atoms with Crippen LogP contribution in [0.3, 0.4) is 0 Å². The second-order valence-corrected chi connectivity index (χ2v) is 9.72. The standard InChI is InChI=1S/C14H16O4Te/c1-17-11-3-7-13(8-4-11)19(15,16)14-9-5-12(18-2)6-10-14/h3-10,15-16H,1-2H3. The molecule has 0 radical (unpaired) electrons. The summed E-state index contributed by atoms with van der Waals surface area (Å²) in [5.41, 5.74) is 0. The van der Waals surface area contributed by atoms with Crippen LogP contribution in [-0.4, -0.2) is 40.2 Å². The molecule has 5 heteroatoms. The fourth-order valence-corrected chi connectivity index (χ4v) is 5.39. The van der Waals surface area contributed by atoms with Crippen LogP contribution in [0.5, 0.6) is 11.5 Å². The van der Waals surface area contributed by atoms with Gasteiger partial charge in [-0.05, 0) is 0 Å². The number of methoxy groups -OCH3 is 2. The molecule has 2 aromatic carbocycles. The molecule has 0 amide bonds. The molecular weight excluding hydrogens is 360 g/mol. The van der Waals surface area contributed by atoms with Gasteiger partial charge in [0.2, 0.25) is 0 Å². The Balaban J connectivity index is 2.33. The molecule has 2 aromatic rings. The maximum atomic E-state index is 10.4. The van der Waals surface area contributed by atoms with Crippen molar-refractivity contribution in [2.75, 3.05) is 14.2 Å². The van der Waals surface area contributed by atoms with Crippen LogP contribution in [0.2, 0.25) is 0 Å². The first-order valence-corrected chi connectivity index (χ1v) is 10.1. The summed E-state index contributed by atoms with van der Waals surface area (Å²) in [6.07, 6.45) is 0. The monoisotopic (exact) mass is 378 g/mol. The van der Waals surface area contributed by atoms with Crippen molar-refractivity contribution in [3.63, 3.8) is 0 Å². The summed E-state index contributed by atoms with van der Waals surface area (Å²) in [4.78, 5) is 0. The van der Waals surface area contributed by atoms with E-state index >= 15 is 0 Å². The third-order valence-electron chi connectivity index (χ3n) is 2.78. The third-order valence-corrected chi connectivity index (χ3v) is 8.08. The van der Waals surface area contributed by atoms with E-state index in [1.807, 2.05) is 0 Å². The molecule has 0 aromatic heterocycles. The number of hydrogen-bond donors (Lipinski definition) is 2. The van der Waals surface area contributed by atoms with Crippen LogP contribution in [0, 0.1) is 0 Å². The van der Waals surface area contributed by atoms with Crippen LogP contribution < -0.4 is 16.7 Å². The van der Waals surface area contributed by atoms with E-state index in [2.05, 4.69) is 0 Å². The Bertz CT molecular complexity index is 485. The van der Waals surface area contributed by atoms with Crippen molar-refractivity contribution in [1.29, 1.82) is 0 Å². The van der Waals surface area contributed by atoms with Crippen molar-refractivity contribution in [3.05, 3.63) is 48.5 Å². The van der Waals surface area contributed by atoms with Gasteiger partial charge in [0, 0.05) is 0 Å². The molecule has 0 aliphatic heterocycles. The molecule has 19 heavy (non-hydrogen) atoms. The second kappa shape index (κ2) is 5.81.